The molecule has 1 aromatic heterocycles. The summed E-state index contributed by atoms with van der Waals surface area (Å²) in [5.41, 5.74) is 5.98. The topological polar surface area (TPSA) is 83.4 Å². The largest absolute Gasteiger partial charge is 0.395 e. The zero-order valence-electron chi connectivity index (χ0n) is 15.0. The van der Waals surface area contributed by atoms with Gasteiger partial charge >= 0.3 is 0 Å². The zero-order valence-corrected chi connectivity index (χ0v) is 15.0. The van der Waals surface area contributed by atoms with Crippen LogP contribution in [0, 0.1) is 0 Å². The molecule has 0 aromatic carbocycles. The van der Waals surface area contributed by atoms with Crippen molar-refractivity contribution in [3.8, 4) is 0 Å². The van der Waals surface area contributed by atoms with Gasteiger partial charge in [-0.15, -0.1) is 10.2 Å². The molecule has 1 aliphatic heterocycles. The van der Waals surface area contributed by atoms with Crippen molar-refractivity contribution in [2.24, 2.45) is 12.8 Å². The van der Waals surface area contributed by atoms with E-state index in [-0.39, 0.29) is 12.1 Å². The zero-order chi connectivity index (χ0) is 17.0. The van der Waals surface area contributed by atoms with Gasteiger partial charge in [0, 0.05) is 31.6 Å². The second kappa shape index (κ2) is 7.70. The van der Waals surface area contributed by atoms with Crippen molar-refractivity contribution >= 4 is 0 Å². The van der Waals surface area contributed by atoms with Gasteiger partial charge in [0.1, 0.15) is 11.6 Å². The first-order valence-electron chi connectivity index (χ1n) is 8.49. The molecule has 0 aliphatic carbocycles. The molecular weight excluding hydrogens is 292 g/mol. The van der Waals surface area contributed by atoms with Crippen LogP contribution in [0.15, 0.2) is 0 Å². The molecule has 0 radical (unpaired) electrons. The van der Waals surface area contributed by atoms with E-state index in [9.17, 15) is 0 Å². The Kier molecular flexibility index (Phi) is 6.13. The molecule has 0 spiro atoms. The molecule has 2 rings (SSSR count). The molecule has 0 amide bonds. The normalized spacial score (nSPS) is 18.0. The standard InChI is InChI=1S/C16H32N6O/c1-16(2,17)12-22-7-5-13(6-8-22)15-19-18-14(21(15)4)11-20(3)9-10-23/h13,23H,5-12,17H2,1-4H3. The average Bonchev–Trinajstić information content (AvgIpc) is 2.80. The van der Waals surface area contributed by atoms with Gasteiger partial charge in [0.15, 0.2) is 0 Å². The molecule has 3 N–H and O–H groups in total. The number of aliphatic hydroxyl groups excluding tert-OH is 1. The van der Waals surface area contributed by atoms with Gasteiger partial charge in [-0.05, 0) is 46.8 Å². The number of aliphatic hydroxyl groups is 1. The Morgan fingerprint density at radius 2 is 1.96 bits per heavy atom. The fourth-order valence-corrected chi connectivity index (χ4v) is 3.29. The first-order valence-corrected chi connectivity index (χ1v) is 8.49. The Morgan fingerprint density at radius 3 is 2.52 bits per heavy atom. The van der Waals surface area contributed by atoms with E-state index in [0.29, 0.717) is 19.0 Å². The number of hydrogen-bond donors (Lipinski definition) is 2. The van der Waals surface area contributed by atoms with Crippen LogP contribution in [0.3, 0.4) is 0 Å². The smallest absolute Gasteiger partial charge is 0.146 e. The highest BCUT2D eigenvalue weighted by molar-refractivity contribution is 5.03. The van der Waals surface area contributed by atoms with Crippen LogP contribution < -0.4 is 5.73 Å². The Bertz CT molecular complexity index is 487. The van der Waals surface area contributed by atoms with Gasteiger partial charge in [-0.2, -0.15) is 0 Å². The van der Waals surface area contributed by atoms with E-state index in [2.05, 4.69) is 38.4 Å². The van der Waals surface area contributed by atoms with Crippen molar-refractivity contribution in [2.45, 2.75) is 44.7 Å². The Balaban J connectivity index is 1.92. The SMILES string of the molecule is CN(CCO)Cc1nnc(C2CCN(CC(C)(C)N)CC2)n1C. The maximum atomic E-state index is 9.00. The van der Waals surface area contributed by atoms with E-state index < -0.39 is 0 Å². The molecule has 1 aliphatic rings. The third-order valence-electron chi connectivity index (χ3n) is 4.48. The number of likely N-dealkylation sites (tertiary alicyclic amines) is 1. The fourth-order valence-electron chi connectivity index (χ4n) is 3.29. The third kappa shape index (κ3) is 5.24. The molecule has 0 unspecified atom stereocenters. The molecule has 2 heterocycles. The minimum atomic E-state index is -0.137. The number of aromatic nitrogens is 3. The second-order valence-electron chi connectivity index (χ2n) is 7.53. The Morgan fingerprint density at radius 1 is 1.30 bits per heavy atom. The van der Waals surface area contributed by atoms with Gasteiger partial charge in [0.05, 0.1) is 13.2 Å². The van der Waals surface area contributed by atoms with Crippen LogP contribution in [-0.2, 0) is 13.6 Å². The summed E-state index contributed by atoms with van der Waals surface area (Å²) in [7, 11) is 4.03. The lowest BCUT2D eigenvalue weighted by Crippen LogP contribution is -2.47. The Hall–Kier alpha value is -1.02. The van der Waals surface area contributed by atoms with Gasteiger partial charge in [-0.25, -0.2) is 0 Å². The molecule has 7 heteroatoms. The van der Waals surface area contributed by atoms with Crippen LogP contribution in [0.25, 0.3) is 0 Å². The first kappa shape index (κ1) is 18.3. The summed E-state index contributed by atoms with van der Waals surface area (Å²) in [6.07, 6.45) is 2.21. The molecule has 1 aromatic rings. The van der Waals surface area contributed by atoms with Crippen molar-refractivity contribution in [1.82, 2.24) is 24.6 Å². The minimum absolute atomic E-state index is 0.137. The highest BCUT2D eigenvalue weighted by Gasteiger charge is 2.27. The lowest BCUT2D eigenvalue weighted by Gasteiger charge is -2.35. The van der Waals surface area contributed by atoms with Crippen molar-refractivity contribution < 1.29 is 5.11 Å². The van der Waals surface area contributed by atoms with Crippen molar-refractivity contribution in [3.05, 3.63) is 11.6 Å². The highest BCUT2D eigenvalue weighted by Crippen LogP contribution is 2.27. The van der Waals surface area contributed by atoms with Crippen LogP contribution >= 0.6 is 0 Å². The molecule has 0 bridgehead atoms. The number of piperidine rings is 1. The van der Waals surface area contributed by atoms with Gasteiger partial charge in [-0.1, -0.05) is 0 Å². The monoisotopic (exact) mass is 324 g/mol. The molecule has 7 nitrogen and oxygen atoms in total. The van der Waals surface area contributed by atoms with E-state index in [1.54, 1.807) is 0 Å². The van der Waals surface area contributed by atoms with E-state index in [1.165, 1.54) is 0 Å². The Labute approximate surface area is 139 Å². The maximum Gasteiger partial charge on any atom is 0.146 e. The fraction of sp³-hybridized carbons (Fsp3) is 0.875. The van der Waals surface area contributed by atoms with E-state index in [0.717, 1.165) is 44.1 Å². The second-order valence-corrected chi connectivity index (χ2v) is 7.53. The van der Waals surface area contributed by atoms with Crippen LogP contribution in [-0.4, -0.2) is 75.0 Å². The van der Waals surface area contributed by atoms with Crippen molar-refractivity contribution in [1.29, 1.82) is 0 Å². The number of nitrogens with two attached hydrogens (primary N) is 1. The van der Waals surface area contributed by atoms with Crippen LogP contribution in [0.1, 0.15) is 44.3 Å². The minimum Gasteiger partial charge on any atom is -0.395 e. The lowest BCUT2D eigenvalue weighted by atomic mass is 9.94. The summed E-state index contributed by atoms with van der Waals surface area (Å²) < 4.78 is 2.13. The van der Waals surface area contributed by atoms with Gasteiger partial charge in [-0.3, -0.25) is 4.90 Å². The van der Waals surface area contributed by atoms with Crippen molar-refractivity contribution in [2.75, 3.05) is 39.8 Å². The lowest BCUT2D eigenvalue weighted by molar-refractivity contribution is 0.176. The number of likely N-dealkylation sites (N-methyl/N-ethyl adjacent to an activating group) is 1. The van der Waals surface area contributed by atoms with E-state index in [1.807, 2.05) is 14.1 Å². The molecule has 23 heavy (non-hydrogen) atoms. The van der Waals surface area contributed by atoms with Crippen LogP contribution in [0.2, 0.25) is 0 Å². The van der Waals surface area contributed by atoms with Crippen molar-refractivity contribution in [3.63, 3.8) is 0 Å². The number of nitrogens with zero attached hydrogens (tertiary/aromatic N) is 5. The van der Waals surface area contributed by atoms with E-state index in [4.69, 9.17) is 10.8 Å². The summed E-state index contributed by atoms with van der Waals surface area (Å²) in [5.74, 6) is 2.52. The van der Waals surface area contributed by atoms with Gasteiger partial charge in [0.2, 0.25) is 0 Å². The van der Waals surface area contributed by atoms with Crippen LogP contribution in [0.5, 0.6) is 0 Å². The van der Waals surface area contributed by atoms with E-state index >= 15 is 0 Å². The highest BCUT2D eigenvalue weighted by atomic mass is 16.3. The average molecular weight is 324 g/mol. The molecular formula is C16H32N6O. The van der Waals surface area contributed by atoms with Gasteiger partial charge < -0.3 is 20.3 Å². The number of hydrogen-bond acceptors (Lipinski definition) is 6. The first-order chi connectivity index (χ1) is 10.8. The summed E-state index contributed by atoms with van der Waals surface area (Å²) in [6.45, 7) is 8.76. The third-order valence-corrected chi connectivity index (χ3v) is 4.48. The van der Waals surface area contributed by atoms with Gasteiger partial charge in [0.25, 0.3) is 0 Å². The quantitative estimate of drug-likeness (QED) is 0.743. The predicted octanol–water partition coefficient (Wildman–Crippen LogP) is 0.156. The number of rotatable bonds is 7. The molecule has 132 valence electrons. The summed E-state index contributed by atoms with van der Waals surface area (Å²) >= 11 is 0. The van der Waals surface area contributed by atoms with Crippen LogP contribution in [0.4, 0.5) is 0 Å². The molecule has 1 saturated heterocycles. The summed E-state index contributed by atoms with van der Waals surface area (Å²) in [6, 6.07) is 0. The summed E-state index contributed by atoms with van der Waals surface area (Å²) in [5, 5.41) is 17.8. The maximum absolute atomic E-state index is 9.00. The summed E-state index contributed by atoms with van der Waals surface area (Å²) in [4.78, 5) is 4.50. The molecule has 1 fully saturated rings. The molecule has 0 atom stereocenters. The predicted molar refractivity (Wildman–Crippen MR) is 91.1 cm³/mol. The molecule has 0 saturated carbocycles.